The third-order valence-electron chi connectivity index (χ3n) is 5.80. The smallest absolute Gasteiger partial charge is 0.225 e. The Labute approximate surface area is 164 Å². The summed E-state index contributed by atoms with van der Waals surface area (Å²) in [5, 5.41) is 0.757. The summed E-state index contributed by atoms with van der Waals surface area (Å²) in [5.41, 5.74) is 6.08. The fraction of sp³-hybridized carbons (Fsp3) is 0.364. The number of carbonyl (C=O) groups is 1. The number of nitrogens with zero attached hydrogens (tertiary/aromatic N) is 3. The van der Waals surface area contributed by atoms with Crippen molar-refractivity contribution in [3.05, 3.63) is 58.4 Å². The summed E-state index contributed by atoms with van der Waals surface area (Å²) < 4.78 is 0. The van der Waals surface area contributed by atoms with E-state index in [0.717, 1.165) is 56.2 Å². The van der Waals surface area contributed by atoms with Gasteiger partial charge < -0.3 is 9.80 Å². The Morgan fingerprint density at radius 1 is 1.04 bits per heavy atom. The van der Waals surface area contributed by atoms with Crippen molar-refractivity contribution < 1.29 is 4.79 Å². The number of benzene rings is 1. The van der Waals surface area contributed by atoms with Crippen LogP contribution >= 0.6 is 11.6 Å². The molecule has 2 aromatic rings. The Morgan fingerprint density at radius 3 is 2.48 bits per heavy atom. The zero-order valence-corrected chi connectivity index (χ0v) is 16.0. The molecule has 1 aliphatic heterocycles. The molecule has 1 saturated carbocycles. The summed E-state index contributed by atoms with van der Waals surface area (Å²) in [6, 6.07) is 10.1. The monoisotopic (exact) mass is 379 g/mol. The summed E-state index contributed by atoms with van der Waals surface area (Å²) in [6.07, 6.45) is 7.19. The predicted molar refractivity (Wildman–Crippen MR) is 109 cm³/mol. The van der Waals surface area contributed by atoms with Crippen molar-refractivity contribution in [2.45, 2.75) is 19.3 Å². The second kappa shape index (κ2) is 6.68. The van der Waals surface area contributed by atoms with Crippen LogP contribution in [-0.4, -0.2) is 42.0 Å². The molecule has 1 aromatic heterocycles. The molecule has 3 aliphatic rings. The number of amides is 1. The molecule has 0 atom stereocenters. The fourth-order valence-corrected chi connectivity index (χ4v) is 4.22. The van der Waals surface area contributed by atoms with E-state index >= 15 is 0 Å². The van der Waals surface area contributed by atoms with E-state index in [2.05, 4.69) is 34.2 Å². The second-order valence-electron chi connectivity index (χ2n) is 7.63. The molecule has 0 N–H and O–H groups in total. The zero-order valence-electron chi connectivity index (χ0n) is 15.2. The first-order chi connectivity index (χ1) is 13.2. The second-order valence-corrected chi connectivity index (χ2v) is 8.07. The summed E-state index contributed by atoms with van der Waals surface area (Å²) in [4.78, 5) is 21.4. The van der Waals surface area contributed by atoms with Crippen LogP contribution < -0.4 is 4.90 Å². The Bertz CT molecular complexity index is 910. The normalized spacial score (nSPS) is 19.1. The van der Waals surface area contributed by atoms with Gasteiger partial charge in [0.05, 0.1) is 5.69 Å². The number of fused-ring (bicyclic) bond motifs is 1. The highest BCUT2D eigenvalue weighted by atomic mass is 35.5. The van der Waals surface area contributed by atoms with Crippen molar-refractivity contribution in [1.29, 1.82) is 0 Å². The lowest BCUT2D eigenvalue weighted by Gasteiger charge is -2.37. The van der Waals surface area contributed by atoms with Crippen LogP contribution in [0.3, 0.4) is 0 Å². The third-order valence-corrected chi connectivity index (χ3v) is 6.05. The van der Waals surface area contributed by atoms with Gasteiger partial charge in [0, 0.05) is 61.0 Å². The molecule has 5 rings (SSSR count). The van der Waals surface area contributed by atoms with E-state index < -0.39 is 0 Å². The SMILES string of the molecule is O=C(C1CC1)N1CCN(c2ccnc3c2C=C(c2ccc(Cl)cc2)C3)CC1. The van der Waals surface area contributed by atoms with Crippen LogP contribution in [0.5, 0.6) is 0 Å². The third kappa shape index (κ3) is 3.23. The highest BCUT2D eigenvalue weighted by Gasteiger charge is 2.35. The van der Waals surface area contributed by atoms with Crippen molar-refractivity contribution in [2.75, 3.05) is 31.1 Å². The maximum atomic E-state index is 12.3. The highest BCUT2D eigenvalue weighted by molar-refractivity contribution is 6.30. The first kappa shape index (κ1) is 16.8. The number of aromatic nitrogens is 1. The maximum Gasteiger partial charge on any atom is 0.225 e. The van der Waals surface area contributed by atoms with Crippen molar-refractivity contribution in [2.24, 2.45) is 5.92 Å². The lowest BCUT2D eigenvalue weighted by Crippen LogP contribution is -2.49. The fourth-order valence-electron chi connectivity index (χ4n) is 4.09. The lowest BCUT2D eigenvalue weighted by molar-refractivity contribution is -0.132. The van der Waals surface area contributed by atoms with Crippen LogP contribution in [-0.2, 0) is 11.2 Å². The van der Waals surface area contributed by atoms with E-state index in [0.29, 0.717) is 11.8 Å². The Kier molecular flexibility index (Phi) is 4.16. The minimum Gasteiger partial charge on any atom is -0.367 e. The molecule has 1 aromatic carbocycles. The van der Waals surface area contributed by atoms with E-state index in [9.17, 15) is 4.79 Å². The van der Waals surface area contributed by atoms with Crippen LogP contribution in [0.1, 0.15) is 29.7 Å². The molecule has 0 bridgehead atoms. The molecular weight excluding hydrogens is 358 g/mol. The van der Waals surface area contributed by atoms with Crippen LogP contribution in [0.2, 0.25) is 5.02 Å². The molecule has 0 radical (unpaired) electrons. The molecule has 1 saturated heterocycles. The summed E-state index contributed by atoms with van der Waals surface area (Å²) in [6.45, 7) is 3.42. The number of hydrogen-bond acceptors (Lipinski definition) is 3. The average molecular weight is 380 g/mol. The van der Waals surface area contributed by atoms with E-state index in [1.165, 1.54) is 22.4 Å². The van der Waals surface area contributed by atoms with Gasteiger partial charge in [0.15, 0.2) is 0 Å². The molecule has 5 heteroatoms. The maximum absolute atomic E-state index is 12.3. The average Bonchev–Trinajstić information content (AvgIpc) is 3.46. The summed E-state index contributed by atoms with van der Waals surface area (Å²) >= 11 is 6.03. The number of anilines is 1. The Morgan fingerprint density at radius 2 is 1.78 bits per heavy atom. The summed E-state index contributed by atoms with van der Waals surface area (Å²) in [5.74, 6) is 0.672. The van der Waals surface area contributed by atoms with Crippen molar-refractivity contribution in [1.82, 2.24) is 9.88 Å². The summed E-state index contributed by atoms with van der Waals surface area (Å²) in [7, 11) is 0. The van der Waals surface area contributed by atoms with E-state index in [1.54, 1.807) is 0 Å². The minimum atomic E-state index is 0.312. The van der Waals surface area contributed by atoms with Gasteiger partial charge in [-0.3, -0.25) is 9.78 Å². The van der Waals surface area contributed by atoms with Gasteiger partial charge in [-0.1, -0.05) is 23.7 Å². The van der Waals surface area contributed by atoms with Crippen LogP contribution in [0, 0.1) is 5.92 Å². The van der Waals surface area contributed by atoms with Crippen molar-refractivity contribution in [3.63, 3.8) is 0 Å². The molecule has 2 aliphatic carbocycles. The number of pyridine rings is 1. The molecule has 0 spiro atoms. The number of hydrogen-bond donors (Lipinski definition) is 0. The number of halogens is 1. The van der Waals surface area contributed by atoms with Gasteiger partial charge in [-0.2, -0.15) is 0 Å². The van der Waals surface area contributed by atoms with Crippen LogP contribution in [0.15, 0.2) is 36.5 Å². The topological polar surface area (TPSA) is 36.4 Å². The van der Waals surface area contributed by atoms with Gasteiger partial charge in [-0.05, 0) is 48.3 Å². The Balaban J connectivity index is 1.36. The molecule has 27 heavy (non-hydrogen) atoms. The molecule has 138 valence electrons. The van der Waals surface area contributed by atoms with Gasteiger partial charge >= 0.3 is 0 Å². The quantitative estimate of drug-likeness (QED) is 0.811. The van der Waals surface area contributed by atoms with E-state index in [-0.39, 0.29) is 0 Å². The first-order valence-electron chi connectivity index (χ1n) is 9.67. The van der Waals surface area contributed by atoms with Gasteiger partial charge in [-0.25, -0.2) is 0 Å². The molecule has 1 amide bonds. The van der Waals surface area contributed by atoms with Crippen LogP contribution in [0.4, 0.5) is 5.69 Å². The van der Waals surface area contributed by atoms with Gasteiger partial charge in [-0.15, -0.1) is 0 Å². The molecule has 0 unspecified atom stereocenters. The first-order valence-corrected chi connectivity index (χ1v) is 10.0. The van der Waals surface area contributed by atoms with Crippen molar-refractivity contribution >= 4 is 34.8 Å². The number of carbonyl (C=O) groups excluding carboxylic acids is 1. The van der Waals surface area contributed by atoms with E-state index in [4.69, 9.17) is 11.6 Å². The van der Waals surface area contributed by atoms with E-state index in [1.807, 2.05) is 23.2 Å². The number of allylic oxidation sites excluding steroid dienone is 1. The Hall–Kier alpha value is -2.33. The lowest BCUT2D eigenvalue weighted by atomic mass is 10.1. The minimum absolute atomic E-state index is 0.312. The van der Waals surface area contributed by atoms with Crippen molar-refractivity contribution in [3.8, 4) is 0 Å². The zero-order chi connectivity index (χ0) is 18.4. The highest BCUT2D eigenvalue weighted by Crippen LogP contribution is 2.37. The van der Waals surface area contributed by atoms with Gasteiger partial charge in [0.25, 0.3) is 0 Å². The van der Waals surface area contributed by atoms with Gasteiger partial charge in [0.1, 0.15) is 0 Å². The van der Waals surface area contributed by atoms with Gasteiger partial charge in [0.2, 0.25) is 5.91 Å². The standard InChI is InChI=1S/C22H22ClN3O/c23-18-5-3-15(4-6-18)17-13-19-20(14-17)24-8-7-21(19)25-9-11-26(12-10-25)22(27)16-1-2-16/h3-8,13,16H,1-2,9-12,14H2. The molecular formula is C22H22ClN3O. The largest absolute Gasteiger partial charge is 0.367 e. The number of piperazine rings is 1. The number of rotatable bonds is 3. The predicted octanol–water partition coefficient (Wildman–Crippen LogP) is 3.89. The molecule has 4 nitrogen and oxygen atoms in total. The molecule has 2 fully saturated rings. The molecule has 2 heterocycles. The van der Waals surface area contributed by atoms with Crippen LogP contribution in [0.25, 0.3) is 11.6 Å².